The van der Waals surface area contributed by atoms with Crippen molar-refractivity contribution in [2.24, 2.45) is 4.99 Å². The number of rotatable bonds is 4. The summed E-state index contributed by atoms with van der Waals surface area (Å²) in [5.41, 5.74) is 2.26. The fourth-order valence-electron chi connectivity index (χ4n) is 2.80. The van der Waals surface area contributed by atoms with Crippen LogP contribution in [0.5, 0.6) is 5.75 Å². The van der Waals surface area contributed by atoms with E-state index >= 15 is 0 Å². The Hall–Kier alpha value is -2.60. The van der Waals surface area contributed by atoms with Crippen molar-refractivity contribution in [1.82, 2.24) is 4.72 Å². The van der Waals surface area contributed by atoms with E-state index in [1.807, 2.05) is 37.3 Å². The van der Waals surface area contributed by atoms with Gasteiger partial charge >= 0.3 is 0 Å². The van der Waals surface area contributed by atoms with Gasteiger partial charge in [-0.3, -0.25) is 9.71 Å². The third-order valence-corrected chi connectivity index (χ3v) is 5.69. The third-order valence-electron chi connectivity index (χ3n) is 4.15. The van der Waals surface area contributed by atoms with E-state index < -0.39 is 10.0 Å². The van der Waals surface area contributed by atoms with Crippen LogP contribution >= 0.6 is 0 Å². The molecule has 0 unspecified atom stereocenters. The SMILES string of the molecule is COc1ccc(C2=C(C)C(=N[C@H](C)c3ccccc3)NS2(=O)=O)cc1. The molecule has 130 valence electrons. The van der Waals surface area contributed by atoms with Crippen LogP contribution in [0.3, 0.4) is 0 Å². The van der Waals surface area contributed by atoms with Gasteiger partial charge in [-0.25, -0.2) is 8.42 Å². The summed E-state index contributed by atoms with van der Waals surface area (Å²) in [5.74, 6) is 1.07. The topological polar surface area (TPSA) is 67.8 Å². The van der Waals surface area contributed by atoms with Crippen molar-refractivity contribution in [3.8, 4) is 5.75 Å². The Morgan fingerprint density at radius 1 is 1.04 bits per heavy atom. The summed E-state index contributed by atoms with van der Waals surface area (Å²) in [6.07, 6.45) is 0. The van der Waals surface area contributed by atoms with E-state index in [1.54, 1.807) is 38.3 Å². The fraction of sp³-hybridized carbons (Fsp3) is 0.211. The van der Waals surface area contributed by atoms with E-state index in [4.69, 9.17) is 4.74 Å². The average molecular weight is 356 g/mol. The van der Waals surface area contributed by atoms with Gasteiger partial charge in [-0.2, -0.15) is 0 Å². The molecule has 0 amide bonds. The Balaban J connectivity index is 2.00. The second-order valence-corrected chi connectivity index (χ2v) is 7.47. The van der Waals surface area contributed by atoms with Gasteiger partial charge in [-0.1, -0.05) is 30.3 Å². The lowest BCUT2D eigenvalue weighted by Gasteiger charge is -2.08. The molecule has 0 saturated heterocycles. The lowest BCUT2D eigenvalue weighted by Crippen LogP contribution is -2.24. The number of sulfonamides is 1. The average Bonchev–Trinajstić information content (AvgIpc) is 2.84. The van der Waals surface area contributed by atoms with E-state index in [-0.39, 0.29) is 10.9 Å². The van der Waals surface area contributed by atoms with Crippen LogP contribution in [-0.2, 0) is 10.0 Å². The number of hydrogen-bond acceptors (Lipinski definition) is 4. The first-order valence-corrected chi connectivity index (χ1v) is 9.42. The smallest absolute Gasteiger partial charge is 0.264 e. The molecular weight excluding hydrogens is 336 g/mol. The van der Waals surface area contributed by atoms with Gasteiger partial charge in [0.15, 0.2) is 0 Å². The van der Waals surface area contributed by atoms with Gasteiger partial charge in [0.2, 0.25) is 0 Å². The van der Waals surface area contributed by atoms with Crippen molar-refractivity contribution in [2.45, 2.75) is 19.9 Å². The lowest BCUT2D eigenvalue weighted by molar-refractivity contribution is 0.415. The highest BCUT2D eigenvalue weighted by atomic mass is 32.2. The molecule has 1 N–H and O–H groups in total. The number of ether oxygens (including phenoxy) is 1. The molecule has 0 saturated carbocycles. The summed E-state index contributed by atoms with van der Waals surface area (Å²) in [5, 5.41) is 0. The Kier molecular flexibility index (Phi) is 4.63. The number of nitrogens with zero attached hydrogens (tertiary/aromatic N) is 1. The van der Waals surface area contributed by atoms with Crippen molar-refractivity contribution >= 4 is 20.8 Å². The zero-order chi connectivity index (χ0) is 18.0. The standard InChI is InChI=1S/C19H20N2O3S/c1-13-18(16-9-11-17(24-3)12-10-16)25(22,23)21-19(13)20-14(2)15-7-5-4-6-8-15/h4-12,14H,1-3H3,(H,20,21)/t14-/m1/s1. The van der Waals surface area contributed by atoms with E-state index in [0.717, 1.165) is 5.56 Å². The summed E-state index contributed by atoms with van der Waals surface area (Å²) in [4.78, 5) is 4.83. The highest BCUT2D eigenvalue weighted by Crippen LogP contribution is 2.31. The molecule has 1 aliphatic heterocycles. The van der Waals surface area contributed by atoms with Gasteiger partial charge in [-0.05, 0) is 49.2 Å². The Morgan fingerprint density at radius 3 is 2.28 bits per heavy atom. The van der Waals surface area contributed by atoms with Gasteiger partial charge in [0.25, 0.3) is 10.0 Å². The van der Waals surface area contributed by atoms with Crippen molar-refractivity contribution in [1.29, 1.82) is 0 Å². The normalized spacial score (nSPS) is 18.9. The third kappa shape index (κ3) is 3.44. The molecule has 2 aromatic rings. The number of benzene rings is 2. The number of nitrogens with one attached hydrogen (secondary N) is 1. The summed E-state index contributed by atoms with van der Waals surface area (Å²) >= 11 is 0. The maximum absolute atomic E-state index is 12.6. The molecule has 2 aromatic carbocycles. The summed E-state index contributed by atoms with van der Waals surface area (Å²) in [7, 11) is -2.06. The molecule has 3 rings (SSSR count). The van der Waals surface area contributed by atoms with Crippen LogP contribution in [0.2, 0.25) is 0 Å². The molecule has 1 heterocycles. The first kappa shape index (κ1) is 17.2. The van der Waals surface area contributed by atoms with Crippen LogP contribution in [0.25, 0.3) is 4.91 Å². The minimum atomic E-state index is -3.63. The van der Waals surface area contributed by atoms with Gasteiger partial charge in [0.1, 0.15) is 16.5 Å². The molecular formula is C19H20N2O3S. The quantitative estimate of drug-likeness (QED) is 0.911. The van der Waals surface area contributed by atoms with Crippen LogP contribution in [0.4, 0.5) is 0 Å². The monoisotopic (exact) mass is 356 g/mol. The van der Waals surface area contributed by atoms with Crippen LogP contribution < -0.4 is 9.46 Å². The molecule has 0 aliphatic carbocycles. The van der Waals surface area contributed by atoms with Gasteiger partial charge in [0.05, 0.1) is 13.2 Å². The second-order valence-electron chi connectivity index (χ2n) is 5.85. The zero-order valence-corrected chi connectivity index (χ0v) is 15.2. The van der Waals surface area contributed by atoms with Crippen molar-refractivity contribution < 1.29 is 13.2 Å². The highest BCUT2D eigenvalue weighted by Gasteiger charge is 2.33. The first-order chi connectivity index (χ1) is 11.9. The molecule has 6 heteroatoms. The van der Waals surface area contributed by atoms with E-state index in [9.17, 15) is 8.42 Å². The molecule has 0 radical (unpaired) electrons. The zero-order valence-electron chi connectivity index (χ0n) is 14.4. The Morgan fingerprint density at radius 2 is 1.68 bits per heavy atom. The van der Waals surface area contributed by atoms with Crippen LogP contribution in [-0.4, -0.2) is 21.4 Å². The van der Waals surface area contributed by atoms with Crippen LogP contribution in [0.15, 0.2) is 65.2 Å². The molecule has 1 atom stereocenters. The molecule has 0 fully saturated rings. The second kappa shape index (κ2) is 6.72. The number of hydrogen-bond donors (Lipinski definition) is 1. The maximum Gasteiger partial charge on any atom is 0.264 e. The molecule has 0 bridgehead atoms. The molecule has 25 heavy (non-hydrogen) atoms. The van der Waals surface area contributed by atoms with E-state index in [2.05, 4.69) is 9.71 Å². The lowest BCUT2D eigenvalue weighted by atomic mass is 10.1. The molecule has 0 aromatic heterocycles. The molecule has 5 nitrogen and oxygen atoms in total. The maximum atomic E-state index is 12.6. The first-order valence-electron chi connectivity index (χ1n) is 7.93. The van der Waals surface area contributed by atoms with Crippen LogP contribution in [0, 0.1) is 0 Å². The van der Waals surface area contributed by atoms with Crippen molar-refractivity contribution in [3.05, 3.63) is 71.3 Å². The number of amidine groups is 1. The van der Waals surface area contributed by atoms with Gasteiger partial charge < -0.3 is 4.74 Å². The summed E-state index contributed by atoms with van der Waals surface area (Å²) in [6, 6.07) is 16.6. The minimum Gasteiger partial charge on any atom is -0.497 e. The van der Waals surface area contributed by atoms with E-state index in [0.29, 0.717) is 22.7 Å². The van der Waals surface area contributed by atoms with Crippen LogP contribution in [0.1, 0.15) is 31.0 Å². The van der Waals surface area contributed by atoms with E-state index in [1.165, 1.54) is 0 Å². The van der Waals surface area contributed by atoms with Crippen molar-refractivity contribution in [2.75, 3.05) is 7.11 Å². The van der Waals surface area contributed by atoms with Crippen molar-refractivity contribution in [3.63, 3.8) is 0 Å². The molecule has 1 aliphatic rings. The largest absolute Gasteiger partial charge is 0.497 e. The number of methoxy groups -OCH3 is 1. The predicted octanol–water partition coefficient (Wildman–Crippen LogP) is 3.52. The Labute approximate surface area is 148 Å². The summed E-state index contributed by atoms with van der Waals surface area (Å²) in [6.45, 7) is 3.71. The molecule has 0 spiro atoms. The van der Waals surface area contributed by atoms with Gasteiger partial charge in [0, 0.05) is 5.57 Å². The minimum absolute atomic E-state index is 0.149. The number of aliphatic imine (C=N–C) groups is 1. The highest BCUT2D eigenvalue weighted by molar-refractivity contribution is 8.00. The fourth-order valence-corrected chi connectivity index (χ4v) is 4.31. The van der Waals surface area contributed by atoms with Gasteiger partial charge in [-0.15, -0.1) is 0 Å². The predicted molar refractivity (Wildman–Crippen MR) is 99.9 cm³/mol. The Bertz CT molecular complexity index is 930. The summed E-state index contributed by atoms with van der Waals surface area (Å²) < 4.78 is 32.9.